The van der Waals surface area contributed by atoms with E-state index in [1.165, 1.54) is 11.3 Å². The summed E-state index contributed by atoms with van der Waals surface area (Å²) in [6, 6.07) is 7.47. The van der Waals surface area contributed by atoms with E-state index in [1.807, 2.05) is 38.1 Å². The summed E-state index contributed by atoms with van der Waals surface area (Å²) >= 11 is 7.41. The molecule has 0 atom stereocenters. The SMILES string of the molecule is CCN(Cc1ccc(Cl)s1)C(=O)c1ccc(C)nc1. The maximum atomic E-state index is 12.4. The molecule has 2 aromatic heterocycles. The van der Waals surface area contributed by atoms with Gasteiger partial charge in [0.05, 0.1) is 16.4 Å². The lowest BCUT2D eigenvalue weighted by Gasteiger charge is -2.20. The lowest BCUT2D eigenvalue weighted by molar-refractivity contribution is 0.0754. The third kappa shape index (κ3) is 3.55. The maximum absolute atomic E-state index is 12.4. The molecule has 3 nitrogen and oxygen atoms in total. The molecule has 0 spiro atoms. The van der Waals surface area contributed by atoms with Gasteiger partial charge in [0.2, 0.25) is 0 Å². The number of thiophene rings is 1. The van der Waals surface area contributed by atoms with Gasteiger partial charge in [0.25, 0.3) is 5.91 Å². The number of rotatable bonds is 4. The first-order valence-corrected chi connectivity index (χ1v) is 7.25. The predicted octanol–water partition coefficient (Wildman–Crippen LogP) is 3.77. The van der Waals surface area contributed by atoms with Crippen LogP contribution in [0.15, 0.2) is 30.5 Å². The third-order valence-corrected chi connectivity index (χ3v) is 4.02. The highest BCUT2D eigenvalue weighted by Gasteiger charge is 2.15. The zero-order chi connectivity index (χ0) is 13.8. The standard InChI is InChI=1S/C14H15ClN2OS/c1-3-17(9-12-6-7-13(15)19-12)14(18)11-5-4-10(2)16-8-11/h4-8H,3,9H2,1-2H3. The van der Waals surface area contributed by atoms with Crippen LogP contribution in [0.4, 0.5) is 0 Å². The summed E-state index contributed by atoms with van der Waals surface area (Å²) in [5, 5.41) is 0. The van der Waals surface area contributed by atoms with Crippen molar-refractivity contribution in [2.45, 2.75) is 20.4 Å². The molecule has 0 aromatic carbocycles. The van der Waals surface area contributed by atoms with Crippen LogP contribution in [0.1, 0.15) is 27.9 Å². The molecule has 19 heavy (non-hydrogen) atoms. The van der Waals surface area contributed by atoms with E-state index in [9.17, 15) is 4.79 Å². The Morgan fingerprint density at radius 2 is 2.16 bits per heavy atom. The molecule has 0 radical (unpaired) electrons. The number of aromatic nitrogens is 1. The van der Waals surface area contributed by atoms with Crippen molar-refractivity contribution in [1.29, 1.82) is 0 Å². The van der Waals surface area contributed by atoms with Gasteiger partial charge in [-0.15, -0.1) is 11.3 Å². The van der Waals surface area contributed by atoms with Crippen LogP contribution in [0.25, 0.3) is 0 Å². The minimum atomic E-state index is -0.000442. The van der Waals surface area contributed by atoms with E-state index < -0.39 is 0 Å². The highest BCUT2D eigenvalue weighted by molar-refractivity contribution is 7.16. The average Bonchev–Trinajstić information content (AvgIpc) is 2.81. The van der Waals surface area contributed by atoms with E-state index >= 15 is 0 Å². The summed E-state index contributed by atoms with van der Waals surface area (Å²) in [6.45, 7) is 5.11. The first kappa shape index (κ1) is 14.0. The van der Waals surface area contributed by atoms with Gasteiger partial charge in [-0.2, -0.15) is 0 Å². The zero-order valence-electron chi connectivity index (χ0n) is 10.9. The molecule has 0 aliphatic rings. The first-order valence-electron chi connectivity index (χ1n) is 6.06. The number of pyridine rings is 1. The molecule has 1 amide bonds. The van der Waals surface area contributed by atoms with Crippen LogP contribution in [0, 0.1) is 6.92 Å². The average molecular weight is 295 g/mol. The fraction of sp³-hybridized carbons (Fsp3) is 0.286. The van der Waals surface area contributed by atoms with Crippen LogP contribution in [0.3, 0.4) is 0 Å². The lowest BCUT2D eigenvalue weighted by Crippen LogP contribution is -2.30. The lowest BCUT2D eigenvalue weighted by atomic mass is 10.2. The first-order chi connectivity index (χ1) is 9.10. The molecular weight excluding hydrogens is 280 g/mol. The van der Waals surface area contributed by atoms with Crippen molar-refractivity contribution < 1.29 is 4.79 Å². The number of nitrogens with zero attached hydrogens (tertiary/aromatic N) is 2. The number of hydrogen-bond acceptors (Lipinski definition) is 3. The van der Waals surface area contributed by atoms with Crippen LogP contribution < -0.4 is 0 Å². The fourth-order valence-corrected chi connectivity index (χ4v) is 2.83. The Hall–Kier alpha value is -1.39. The minimum Gasteiger partial charge on any atom is -0.334 e. The number of aryl methyl sites for hydroxylation is 1. The third-order valence-electron chi connectivity index (χ3n) is 2.80. The van der Waals surface area contributed by atoms with E-state index in [0.29, 0.717) is 18.7 Å². The Morgan fingerprint density at radius 3 is 2.68 bits per heavy atom. The van der Waals surface area contributed by atoms with Crippen LogP contribution in [-0.4, -0.2) is 22.3 Å². The topological polar surface area (TPSA) is 33.2 Å². The van der Waals surface area contributed by atoms with Crippen LogP contribution in [0.2, 0.25) is 4.34 Å². The highest BCUT2D eigenvalue weighted by Crippen LogP contribution is 2.23. The monoisotopic (exact) mass is 294 g/mol. The van der Waals surface area contributed by atoms with Crippen molar-refractivity contribution in [2.75, 3.05) is 6.54 Å². The smallest absolute Gasteiger partial charge is 0.255 e. The second kappa shape index (κ2) is 6.17. The Bertz CT molecular complexity index is 565. The Kier molecular flexibility index (Phi) is 4.56. The number of hydrogen-bond donors (Lipinski definition) is 0. The van der Waals surface area contributed by atoms with Gasteiger partial charge in [0.15, 0.2) is 0 Å². The van der Waals surface area contributed by atoms with E-state index in [1.54, 1.807) is 11.1 Å². The zero-order valence-corrected chi connectivity index (χ0v) is 12.5. The molecule has 0 bridgehead atoms. The van der Waals surface area contributed by atoms with Gasteiger partial charge in [0, 0.05) is 23.3 Å². The summed E-state index contributed by atoms with van der Waals surface area (Å²) in [4.78, 5) is 19.4. The van der Waals surface area contributed by atoms with Gasteiger partial charge in [-0.1, -0.05) is 11.6 Å². The molecule has 0 unspecified atom stereocenters. The summed E-state index contributed by atoms with van der Waals surface area (Å²) in [7, 11) is 0. The number of amides is 1. The van der Waals surface area contributed by atoms with Gasteiger partial charge >= 0.3 is 0 Å². The Morgan fingerprint density at radius 1 is 1.37 bits per heavy atom. The summed E-state index contributed by atoms with van der Waals surface area (Å²) in [5.74, 6) is -0.000442. The summed E-state index contributed by atoms with van der Waals surface area (Å²) in [5.41, 5.74) is 1.53. The van der Waals surface area contributed by atoms with Crippen LogP contribution in [-0.2, 0) is 6.54 Å². The van der Waals surface area contributed by atoms with Crippen molar-refractivity contribution >= 4 is 28.8 Å². The molecule has 2 aromatic rings. The van der Waals surface area contributed by atoms with Crippen LogP contribution >= 0.6 is 22.9 Å². The number of carbonyl (C=O) groups is 1. The van der Waals surface area contributed by atoms with Gasteiger partial charge in [0.1, 0.15) is 0 Å². The second-order valence-electron chi connectivity index (χ2n) is 4.21. The second-order valence-corrected chi connectivity index (χ2v) is 6.01. The van der Waals surface area contributed by atoms with E-state index in [2.05, 4.69) is 4.98 Å². The molecule has 0 saturated carbocycles. The molecule has 5 heteroatoms. The minimum absolute atomic E-state index is 0.000442. The van der Waals surface area contributed by atoms with Crippen molar-refractivity contribution in [2.24, 2.45) is 0 Å². The van der Waals surface area contributed by atoms with Gasteiger partial charge in [-0.3, -0.25) is 9.78 Å². The number of halogens is 1. The van der Waals surface area contributed by atoms with Crippen molar-refractivity contribution in [1.82, 2.24) is 9.88 Å². The van der Waals surface area contributed by atoms with E-state index in [-0.39, 0.29) is 5.91 Å². The van der Waals surface area contributed by atoms with E-state index in [0.717, 1.165) is 14.9 Å². The molecule has 0 aliphatic carbocycles. The molecule has 0 saturated heterocycles. The molecule has 100 valence electrons. The summed E-state index contributed by atoms with van der Waals surface area (Å²) < 4.78 is 0.746. The molecule has 2 heterocycles. The largest absolute Gasteiger partial charge is 0.334 e. The highest BCUT2D eigenvalue weighted by atomic mass is 35.5. The van der Waals surface area contributed by atoms with Crippen molar-refractivity contribution in [3.8, 4) is 0 Å². The Labute approximate surface area is 121 Å². The molecule has 2 rings (SSSR count). The van der Waals surface area contributed by atoms with Crippen LogP contribution in [0.5, 0.6) is 0 Å². The molecular formula is C14H15ClN2OS. The van der Waals surface area contributed by atoms with Gasteiger partial charge in [-0.25, -0.2) is 0 Å². The predicted molar refractivity (Wildman–Crippen MR) is 78.7 cm³/mol. The van der Waals surface area contributed by atoms with Crippen molar-refractivity contribution in [3.05, 3.63) is 50.9 Å². The maximum Gasteiger partial charge on any atom is 0.255 e. The quantitative estimate of drug-likeness (QED) is 0.860. The number of carbonyl (C=O) groups excluding carboxylic acids is 1. The summed E-state index contributed by atoms with van der Waals surface area (Å²) in [6.07, 6.45) is 1.63. The van der Waals surface area contributed by atoms with Crippen molar-refractivity contribution in [3.63, 3.8) is 0 Å². The fourth-order valence-electron chi connectivity index (χ4n) is 1.73. The van der Waals surface area contributed by atoms with Gasteiger partial charge in [-0.05, 0) is 38.1 Å². The van der Waals surface area contributed by atoms with Gasteiger partial charge < -0.3 is 4.90 Å². The molecule has 0 N–H and O–H groups in total. The molecule has 0 fully saturated rings. The Balaban J connectivity index is 2.12. The normalized spacial score (nSPS) is 10.5. The molecule has 0 aliphatic heterocycles. The van der Waals surface area contributed by atoms with E-state index in [4.69, 9.17) is 11.6 Å².